The van der Waals surface area contributed by atoms with Crippen molar-refractivity contribution in [3.05, 3.63) is 23.8 Å². The first-order chi connectivity index (χ1) is 9.53. The Bertz CT molecular complexity index is 431. The second-order valence-electron chi connectivity index (χ2n) is 4.46. The molecule has 0 unspecified atom stereocenters. The fraction of sp³-hybridized carbons (Fsp3) is 0.500. The molecule has 0 bridgehead atoms. The number of alkyl halides is 2. The van der Waals surface area contributed by atoms with Crippen LogP contribution in [0.1, 0.15) is 23.7 Å². The number of methoxy groups -OCH3 is 2. The standard InChI is InChI=1S/C14H19Br2NO3/c1-4-14(8-15,9-16)17-13(18)10-5-11(19-2)7-12(6-10)20-3/h5-7H,4,8-9H2,1-3H3,(H,17,18). The lowest BCUT2D eigenvalue weighted by Gasteiger charge is -2.30. The molecule has 6 heteroatoms. The predicted octanol–water partition coefficient (Wildman–Crippen LogP) is 3.37. The molecule has 0 saturated heterocycles. The van der Waals surface area contributed by atoms with E-state index in [1.165, 1.54) is 0 Å². The Kier molecular flexibility index (Phi) is 6.82. The van der Waals surface area contributed by atoms with Gasteiger partial charge in [-0.15, -0.1) is 0 Å². The summed E-state index contributed by atoms with van der Waals surface area (Å²) >= 11 is 6.91. The normalized spacial score (nSPS) is 11.1. The summed E-state index contributed by atoms with van der Waals surface area (Å²) in [6, 6.07) is 5.13. The molecule has 1 rings (SSSR count). The monoisotopic (exact) mass is 407 g/mol. The van der Waals surface area contributed by atoms with Crippen molar-refractivity contribution in [2.75, 3.05) is 24.9 Å². The Morgan fingerprint density at radius 1 is 1.15 bits per heavy atom. The second-order valence-corrected chi connectivity index (χ2v) is 5.58. The molecule has 0 fully saturated rings. The third kappa shape index (κ3) is 4.12. The zero-order valence-corrected chi connectivity index (χ0v) is 15.0. The average Bonchev–Trinajstić information content (AvgIpc) is 2.51. The lowest BCUT2D eigenvalue weighted by Crippen LogP contribution is -2.51. The summed E-state index contributed by atoms with van der Waals surface area (Å²) in [4.78, 5) is 12.4. The van der Waals surface area contributed by atoms with E-state index in [-0.39, 0.29) is 11.4 Å². The maximum Gasteiger partial charge on any atom is 0.252 e. The molecule has 1 aromatic rings. The molecule has 0 aromatic heterocycles. The van der Waals surface area contributed by atoms with Gasteiger partial charge in [0.25, 0.3) is 5.91 Å². The SMILES string of the molecule is CCC(CBr)(CBr)NC(=O)c1cc(OC)cc(OC)c1. The lowest BCUT2D eigenvalue weighted by atomic mass is 10.0. The predicted molar refractivity (Wildman–Crippen MR) is 87.6 cm³/mol. The van der Waals surface area contributed by atoms with Crippen LogP contribution in [-0.2, 0) is 0 Å². The molecule has 0 heterocycles. The maximum atomic E-state index is 12.4. The van der Waals surface area contributed by atoms with Crippen LogP contribution in [0.25, 0.3) is 0 Å². The molecule has 0 aliphatic carbocycles. The van der Waals surface area contributed by atoms with E-state index in [0.717, 1.165) is 6.42 Å². The highest BCUT2D eigenvalue weighted by Crippen LogP contribution is 2.24. The van der Waals surface area contributed by atoms with Crippen molar-refractivity contribution in [1.82, 2.24) is 5.32 Å². The molecule has 0 aliphatic rings. The van der Waals surface area contributed by atoms with E-state index in [1.807, 2.05) is 6.92 Å². The van der Waals surface area contributed by atoms with Gasteiger partial charge < -0.3 is 14.8 Å². The largest absolute Gasteiger partial charge is 0.497 e. The molecule has 4 nitrogen and oxygen atoms in total. The summed E-state index contributed by atoms with van der Waals surface area (Å²) in [7, 11) is 3.12. The molecule has 0 saturated carbocycles. The third-order valence-electron chi connectivity index (χ3n) is 3.18. The van der Waals surface area contributed by atoms with Crippen molar-refractivity contribution in [2.24, 2.45) is 0 Å². The van der Waals surface area contributed by atoms with E-state index in [1.54, 1.807) is 32.4 Å². The van der Waals surface area contributed by atoms with Crippen molar-refractivity contribution in [1.29, 1.82) is 0 Å². The van der Waals surface area contributed by atoms with E-state index in [2.05, 4.69) is 37.2 Å². The topological polar surface area (TPSA) is 47.6 Å². The molecule has 0 radical (unpaired) electrons. The number of amides is 1. The molecule has 1 amide bonds. The minimum Gasteiger partial charge on any atom is -0.497 e. The average molecular weight is 409 g/mol. The van der Waals surface area contributed by atoms with Gasteiger partial charge in [0, 0.05) is 22.3 Å². The van der Waals surface area contributed by atoms with Crippen molar-refractivity contribution in [2.45, 2.75) is 18.9 Å². The van der Waals surface area contributed by atoms with Gasteiger partial charge in [-0.1, -0.05) is 38.8 Å². The number of hydrogen-bond donors (Lipinski definition) is 1. The summed E-state index contributed by atoms with van der Waals surface area (Å²) in [6.45, 7) is 2.04. The van der Waals surface area contributed by atoms with Crippen LogP contribution in [0.15, 0.2) is 18.2 Å². The molecule has 1 N–H and O–H groups in total. The first-order valence-corrected chi connectivity index (χ1v) is 8.46. The number of hydrogen-bond acceptors (Lipinski definition) is 3. The highest BCUT2D eigenvalue weighted by atomic mass is 79.9. The van der Waals surface area contributed by atoms with Gasteiger partial charge in [-0.3, -0.25) is 4.79 Å². The molecule has 1 aromatic carbocycles. The van der Waals surface area contributed by atoms with Crippen LogP contribution < -0.4 is 14.8 Å². The van der Waals surface area contributed by atoms with E-state index >= 15 is 0 Å². The molecule has 0 spiro atoms. The first-order valence-electron chi connectivity index (χ1n) is 6.21. The summed E-state index contributed by atoms with van der Waals surface area (Å²) in [5.74, 6) is 1.03. The van der Waals surface area contributed by atoms with Gasteiger partial charge in [0.05, 0.1) is 19.8 Å². The number of carbonyl (C=O) groups is 1. The number of nitrogens with one attached hydrogen (secondary N) is 1. The van der Waals surface area contributed by atoms with Crippen molar-refractivity contribution < 1.29 is 14.3 Å². The number of carbonyl (C=O) groups excluding carboxylic acids is 1. The van der Waals surface area contributed by atoms with Gasteiger partial charge in [-0.25, -0.2) is 0 Å². The van der Waals surface area contributed by atoms with E-state index in [0.29, 0.717) is 27.7 Å². The van der Waals surface area contributed by atoms with Crippen LogP contribution in [-0.4, -0.2) is 36.3 Å². The first kappa shape index (κ1) is 17.3. The van der Waals surface area contributed by atoms with Gasteiger partial charge >= 0.3 is 0 Å². The van der Waals surface area contributed by atoms with E-state index in [4.69, 9.17) is 9.47 Å². The molecule has 112 valence electrons. The minimum atomic E-state index is -0.312. The Balaban J connectivity index is 3.02. The number of halogens is 2. The van der Waals surface area contributed by atoms with Crippen LogP contribution in [0, 0.1) is 0 Å². The summed E-state index contributed by atoms with van der Waals surface area (Å²) in [5, 5.41) is 4.41. The zero-order chi connectivity index (χ0) is 15.2. The minimum absolute atomic E-state index is 0.150. The third-order valence-corrected chi connectivity index (χ3v) is 5.33. The number of rotatable bonds is 7. The van der Waals surface area contributed by atoms with E-state index < -0.39 is 0 Å². The van der Waals surface area contributed by atoms with Gasteiger partial charge in [0.1, 0.15) is 11.5 Å². The van der Waals surface area contributed by atoms with Crippen LogP contribution in [0.3, 0.4) is 0 Å². The van der Waals surface area contributed by atoms with Gasteiger partial charge in [-0.05, 0) is 18.6 Å². The molecule has 0 atom stereocenters. The highest BCUT2D eigenvalue weighted by Gasteiger charge is 2.28. The Hall–Kier alpha value is -0.750. The Labute approximate surface area is 136 Å². The number of ether oxygens (including phenoxy) is 2. The van der Waals surface area contributed by atoms with E-state index in [9.17, 15) is 4.79 Å². The number of benzene rings is 1. The van der Waals surface area contributed by atoms with Gasteiger partial charge in [0.15, 0.2) is 0 Å². The molecular formula is C14H19Br2NO3. The smallest absolute Gasteiger partial charge is 0.252 e. The van der Waals surface area contributed by atoms with Crippen LogP contribution in [0.5, 0.6) is 11.5 Å². The Morgan fingerprint density at radius 2 is 1.65 bits per heavy atom. The summed E-state index contributed by atoms with van der Waals surface area (Å²) in [6.07, 6.45) is 0.816. The summed E-state index contributed by atoms with van der Waals surface area (Å²) < 4.78 is 10.4. The van der Waals surface area contributed by atoms with Gasteiger partial charge in [-0.2, -0.15) is 0 Å². The quantitative estimate of drug-likeness (QED) is 0.703. The highest BCUT2D eigenvalue weighted by molar-refractivity contribution is 9.09. The van der Waals surface area contributed by atoms with Crippen LogP contribution in [0.4, 0.5) is 0 Å². The molecular weight excluding hydrogens is 390 g/mol. The Morgan fingerprint density at radius 3 is 2.00 bits per heavy atom. The van der Waals surface area contributed by atoms with Crippen LogP contribution >= 0.6 is 31.9 Å². The fourth-order valence-corrected chi connectivity index (χ4v) is 3.63. The van der Waals surface area contributed by atoms with Crippen LogP contribution in [0.2, 0.25) is 0 Å². The summed E-state index contributed by atoms with van der Waals surface area (Å²) in [5.41, 5.74) is 0.203. The molecule has 0 aliphatic heterocycles. The van der Waals surface area contributed by atoms with Crippen molar-refractivity contribution >= 4 is 37.8 Å². The second kappa shape index (κ2) is 7.88. The van der Waals surface area contributed by atoms with Crippen molar-refractivity contribution in [3.8, 4) is 11.5 Å². The maximum absolute atomic E-state index is 12.4. The lowest BCUT2D eigenvalue weighted by molar-refractivity contribution is 0.0914. The van der Waals surface area contributed by atoms with Crippen molar-refractivity contribution in [3.63, 3.8) is 0 Å². The van der Waals surface area contributed by atoms with Gasteiger partial charge in [0.2, 0.25) is 0 Å². The zero-order valence-electron chi connectivity index (χ0n) is 11.8. The molecule has 20 heavy (non-hydrogen) atoms. The fourth-order valence-electron chi connectivity index (χ4n) is 1.63.